The van der Waals surface area contributed by atoms with E-state index in [0.717, 1.165) is 5.56 Å². The fraction of sp³-hybridized carbons (Fsp3) is 0.154. The fourth-order valence-corrected chi connectivity index (χ4v) is 1.98. The Kier molecular flexibility index (Phi) is 4.16. The van der Waals surface area contributed by atoms with Crippen LogP contribution in [0.2, 0.25) is 0 Å². The number of amides is 1. The predicted octanol–water partition coefficient (Wildman–Crippen LogP) is 2.44. The number of carbonyl (C=O) groups excluding carboxylic acids is 1. The molecule has 0 spiro atoms. The monoisotopic (exact) mass is 247 g/mol. The van der Waals surface area contributed by atoms with Gasteiger partial charge in [-0.2, -0.15) is 11.3 Å². The van der Waals surface area contributed by atoms with Crippen LogP contribution in [-0.2, 0) is 11.3 Å². The van der Waals surface area contributed by atoms with Crippen LogP contribution in [0.5, 0.6) is 5.75 Å². The SMILES string of the molecule is O=C(COc1ccccc1)NCc1ccsc1. The van der Waals surface area contributed by atoms with Crippen molar-refractivity contribution in [2.75, 3.05) is 6.61 Å². The maximum absolute atomic E-state index is 11.5. The molecule has 1 amide bonds. The molecule has 0 aliphatic heterocycles. The number of thiophene rings is 1. The number of nitrogens with one attached hydrogen (secondary N) is 1. The van der Waals surface area contributed by atoms with Crippen molar-refractivity contribution in [3.05, 3.63) is 52.7 Å². The molecule has 2 aromatic rings. The molecule has 0 aliphatic carbocycles. The zero-order chi connectivity index (χ0) is 11.9. The van der Waals surface area contributed by atoms with Gasteiger partial charge < -0.3 is 10.1 Å². The van der Waals surface area contributed by atoms with Crippen molar-refractivity contribution < 1.29 is 9.53 Å². The number of para-hydroxylation sites is 1. The summed E-state index contributed by atoms with van der Waals surface area (Å²) in [6.07, 6.45) is 0. The number of hydrogen-bond donors (Lipinski definition) is 1. The largest absolute Gasteiger partial charge is 0.484 e. The lowest BCUT2D eigenvalue weighted by Crippen LogP contribution is -2.28. The summed E-state index contributed by atoms with van der Waals surface area (Å²) in [6, 6.07) is 11.3. The van der Waals surface area contributed by atoms with Crippen molar-refractivity contribution in [1.82, 2.24) is 5.32 Å². The topological polar surface area (TPSA) is 38.3 Å². The number of ether oxygens (including phenoxy) is 1. The van der Waals surface area contributed by atoms with Crippen molar-refractivity contribution in [3.63, 3.8) is 0 Å². The Balaban J connectivity index is 1.71. The molecule has 0 radical (unpaired) electrons. The second-order valence-electron chi connectivity index (χ2n) is 3.51. The molecule has 0 saturated carbocycles. The molecule has 17 heavy (non-hydrogen) atoms. The van der Waals surface area contributed by atoms with Crippen LogP contribution in [-0.4, -0.2) is 12.5 Å². The molecule has 0 aliphatic rings. The zero-order valence-electron chi connectivity index (χ0n) is 9.26. The minimum absolute atomic E-state index is 0.0498. The summed E-state index contributed by atoms with van der Waals surface area (Å²) in [5, 5.41) is 6.80. The average molecular weight is 247 g/mol. The maximum atomic E-state index is 11.5. The van der Waals surface area contributed by atoms with Gasteiger partial charge in [0.1, 0.15) is 5.75 Å². The highest BCUT2D eigenvalue weighted by Crippen LogP contribution is 2.08. The lowest BCUT2D eigenvalue weighted by atomic mass is 10.3. The van der Waals surface area contributed by atoms with Crippen molar-refractivity contribution in [1.29, 1.82) is 0 Å². The highest BCUT2D eigenvalue weighted by molar-refractivity contribution is 7.07. The molecule has 1 aromatic heterocycles. The van der Waals surface area contributed by atoms with Gasteiger partial charge in [0.05, 0.1) is 0 Å². The van der Waals surface area contributed by atoms with Crippen LogP contribution in [0.3, 0.4) is 0 Å². The molecule has 1 heterocycles. The van der Waals surface area contributed by atoms with Gasteiger partial charge in [-0.3, -0.25) is 4.79 Å². The molecule has 0 unspecified atom stereocenters. The van der Waals surface area contributed by atoms with E-state index in [1.54, 1.807) is 11.3 Å². The summed E-state index contributed by atoms with van der Waals surface area (Å²) < 4.78 is 5.33. The van der Waals surface area contributed by atoms with E-state index >= 15 is 0 Å². The second-order valence-corrected chi connectivity index (χ2v) is 4.29. The third-order valence-electron chi connectivity index (χ3n) is 2.18. The molecule has 0 saturated heterocycles. The van der Waals surface area contributed by atoms with E-state index in [4.69, 9.17) is 4.74 Å². The quantitative estimate of drug-likeness (QED) is 0.881. The van der Waals surface area contributed by atoms with Gasteiger partial charge in [0.2, 0.25) is 0 Å². The first-order valence-corrected chi connectivity index (χ1v) is 6.24. The first-order chi connectivity index (χ1) is 8.34. The van der Waals surface area contributed by atoms with Crippen LogP contribution in [0.4, 0.5) is 0 Å². The van der Waals surface area contributed by atoms with Gasteiger partial charge in [0, 0.05) is 6.54 Å². The normalized spacial score (nSPS) is 9.88. The summed E-state index contributed by atoms with van der Waals surface area (Å²) in [5.41, 5.74) is 1.11. The minimum atomic E-state index is -0.111. The van der Waals surface area contributed by atoms with E-state index in [1.165, 1.54) is 0 Å². The van der Waals surface area contributed by atoms with E-state index < -0.39 is 0 Å². The van der Waals surface area contributed by atoms with Gasteiger partial charge in [-0.05, 0) is 34.5 Å². The Hall–Kier alpha value is -1.81. The van der Waals surface area contributed by atoms with Gasteiger partial charge in [0.15, 0.2) is 6.61 Å². The molecule has 1 N–H and O–H groups in total. The van der Waals surface area contributed by atoms with Gasteiger partial charge in [0.25, 0.3) is 5.91 Å². The van der Waals surface area contributed by atoms with Gasteiger partial charge in [-0.15, -0.1) is 0 Å². The third kappa shape index (κ3) is 3.92. The standard InChI is InChI=1S/C13H13NO2S/c15-13(14-8-11-6-7-17-10-11)9-16-12-4-2-1-3-5-12/h1-7,10H,8-9H2,(H,14,15). The summed E-state index contributed by atoms with van der Waals surface area (Å²) in [7, 11) is 0. The number of rotatable bonds is 5. The smallest absolute Gasteiger partial charge is 0.258 e. The predicted molar refractivity (Wildman–Crippen MR) is 68.1 cm³/mol. The molecule has 88 valence electrons. The summed E-state index contributed by atoms with van der Waals surface area (Å²) in [5.74, 6) is 0.596. The van der Waals surface area contributed by atoms with Crippen LogP contribution in [0.25, 0.3) is 0 Å². The molecular formula is C13H13NO2S. The number of hydrogen-bond acceptors (Lipinski definition) is 3. The molecule has 1 aromatic carbocycles. The maximum Gasteiger partial charge on any atom is 0.258 e. The Morgan fingerprint density at radius 1 is 1.24 bits per heavy atom. The molecule has 2 rings (SSSR count). The van der Waals surface area contributed by atoms with Crippen molar-refractivity contribution in [2.45, 2.75) is 6.54 Å². The Bertz CT molecular complexity index is 454. The van der Waals surface area contributed by atoms with Crippen LogP contribution in [0, 0.1) is 0 Å². The summed E-state index contributed by atoms with van der Waals surface area (Å²) >= 11 is 1.62. The molecule has 4 heteroatoms. The van der Waals surface area contributed by atoms with E-state index in [2.05, 4.69) is 5.32 Å². The zero-order valence-corrected chi connectivity index (χ0v) is 10.1. The highest BCUT2D eigenvalue weighted by Gasteiger charge is 2.02. The highest BCUT2D eigenvalue weighted by atomic mass is 32.1. The van der Waals surface area contributed by atoms with Crippen LogP contribution in [0.15, 0.2) is 47.2 Å². The molecule has 0 atom stereocenters. The van der Waals surface area contributed by atoms with E-state index in [-0.39, 0.29) is 12.5 Å². The van der Waals surface area contributed by atoms with E-state index in [0.29, 0.717) is 12.3 Å². The Morgan fingerprint density at radius 2 is 2.06 bits per heavy atom. The van der Waals surface area contributed by atoms with Gasteiger partial charge >= 0.3 is 0 Å². The van der Waals surface area contributed by atoms with Crippen LogP contribution in [0.1, 0.15) is 5.56 Å². The first kappa shape index (κ1) is 11.7. The van der Waals surface area contributed by atoms with E-state index in [9.17, 15) is 4.79 Å². The molecule has 0 bridgehead atoms. The minimum Gasteiger partial charge on any atom is -0.484 e. The van der Waals surface area contributed by atoms with Crippen LogP contribution < -0.4 is 10.1 Å². The second kappa shape index (κ2) is 6.06. The Labute approximate surface area is 104 Å². The van der Waals surface area contributed by atoms with Gasteiger partial charge in [-0.25, -0.2) is 0 Å². The number of benzene rings is 1. The molecule has 3 nitrogen and oxygen atoms in total. The van der Waals surface area contributed by atoms with E-state index in [1.807, 2.05) is 47.2 Å². The summed E-state index contributed by atoms with van der Waals surface area (Å²) in [6.45, 7) is 0.606. The van der Waals surface area contributed by atoms with Gasteiger partial charge in [-0.1, -0.05) is 18.2 Å². The van der Waals surface area contributed by atoms with Crippen molar-refractivity contribution in [3.8, 4) is 5.75 Å². The molecular weight excluding hydrogens is 234 g/mol. The lowest BCUT2D eigenvalue weighted by molar-refractivity contribution is -0.123. The molecule has 0 fully saturated rings. The summed E-state index contributed by atoms with van der Waals surface area (Å²) in [4.78, 5) is 11.5. The lowest BCUT2D eigenvalue weighted by Gasteiger charge is -2.06. The average Bonchev–Trinajstić information content (AvgIpc) is 2.88. The Morgan fingerprint density at radius 3 is 2.76 bits per heavy atom. The van der Waals surface area contributed by atoms with Crippen molar-refractivity contribution >= 4 is 17.2 Å². The fourth-order valence-electron chi connectivity index (χ4n) is 1.31. The van der Waals surface area contributed by atoms with Crippen LogP contribution >= 0.6 is 11.3 Å². The number of carbonyl (C=O) groups is 1. The third-order valence-corrected chi connectivity index (χ3v) is 2.91. The first-order valence-electron chi connectivity index (χ1n) is 5.30. The van der Waals surface area contributed by atoms with Crippen molar-refractivity contribution in [2.24, 2.45) is 0 Å².